The maximum atomic E-state index is 10.2. The number of fused-ring (bicyclic) bond motifs is 1. The predicted molar refractivity (Wildman–Crippen MR) is 99.0 cm³/mol. The van der Waals surface area contributed by atoms with E-state index in [1.54, 1.807) is 6.07 Å². The molecular formula is C22H17NO. The number of hydrogen-bond donors (Lipinski definition) is 1. The van der Waals surface area contributed by atoms with Crippen molar-refractivity contribution in [3.05, 3.63) is 84.6 Å². The topological polar surface area (TPSA) is 33.1 Å². The Labute approximate surface area is 141 Å². The van der Waals surface area contributed by atoms with Crippen LogP contribution in [0.4, 0.5) is 0 Å². The molecule has 0 unspecified atom stereocenters. The van der Waals surface area contributed by atoms with Gasteiger partial charge in [0.05, 0.1) is 0 Å². The predicted octanol–water partition coefficient (Wildman–Crippen LogP) is 5.58. The minimum absolute atomic E-state index is 0.217. The third-order valence-corrected chi connectivity index (χ3v) is 4.28. The van der Waals surface area contributed by atoms with Crippen molar-refractivity contribution in [2.45, 2.75) is 6.92 Å². The summed E-state index contributed by atoms with van der Waals surface area (Å²) in [6, 6.07) is 26.4. The van der Waals surface area contributed by atoms with Gasteiger partial charge in [0.25, 0.3) is 0 Å². The van der Waals surface area contributed by atoms with Crippen LogP contribution in [-0.4, -0.2) is 10.1 Å². The molecule has 0 spiro atoms. The lowest BCUT2D eigenvalue weighted by Crippen LogP contribution is -1.90. The van der Waals surface area contributed by atoms with E-state index < -0.39 is 0 Å². The second-order valence-electron chi connectivity index (χ2n) is 5.89. The molecule has 0 fully saturated rings. The Morgan fingerprint density at radius 2 is 1.38 bits per heavy atom. The molecular weight excluding hydrogens is 294 g/mol. The molecule has 116 valence electrons. The van der Waals surface area contributed by atoms with Gasteiger partial charge in [-0.15, -0.1) is 0 Å². The van der Waals surface area contributed by atoms with E-state index in [1.807, 2.05) is 49.4 Å². The lowest BCUT2D eigenvalue weighted by Gasteiger charge is -2.13. The Morgan fingerprint density at radius 1 is 0.667 bits per heavy atom. The molecule has 3 aromatic carbocycles. The molecule has 0 saturated carbocycles. The van der Waals surface area contributed by atoms with Gasteiger partial charge in [-0.05, 0) is 47.4 Å². The first-order valence-electron chi connectivity index (χ1n) is 7.98. The fourth-order valence-corrected chi connectivity index (χ4v) is 3.12. The first-order chi connectivity index (χ1) is 11.7. The van der Waals surface area contributed by atoms with Crippen molar-refractivity contribution in [1.29, 1.82) is 0 Å². The maximum absolute atomic E-state index is 10.2. The third kappa shape index (κ3) is 2.42. The van der Waals surface area contributed by atoms with Crippen LogP contribution in [0.1, 0.15) is 5.69 Å². The van der Waals surface area contributed by atoms with E-state index in [9.17, 15) is 5.11 Å². The maximum Gasteiger partial charge on any atom is 0.141 e. The number of phenolic OH excluding ortho intramolecular Hbond substituents is 1. The highest BCUT2D eigenvalue weighted by atomic mass is 16.3. The van der Waals surface area contributed by atoms with Crippen LogP contribution < -0.4 is 0 Å². The second kappa shape index (κ2) is 5.82. The number of aryl methyl sites for hydroxylation is 1. The summed E-state index contributed by atoms with van der Waals surface area (Å²) >= 11 is 0. The molecule has 0 aliphatic carbocycles. The van der Waals surface area contributed by atoms with Gasteiger partial charge in [0.2, 0.25) is 0 Å². The summed E-state index contributed by atoms with van der Waals surface area (Å²) in [6.45, 7) is 1.93. The molecule has 24 heavy (non-hydrogen) atoms. The minimum atomic E-state index is 0.217. The van der Waals surface area contributed by atoms with E-state index in [0.717, 1.165) is 22.2 Å². The van der Waals surface area contributed by atoms with Crippen LogP contribution in [0.2, 0.25) is 0 Å². The second-order valence-corrected chi connectivity index (χ2v) is 5.89. The number of phenols is 1. The van der Waals surface area contributed by atoms with Crippen LogP contribution in [-0.2, 0) is 0 Å². The SMILES string of the molecule is Cc1ccc2c(-c3ccccc3-c3ccccc3)ccc(O)c2n1. The Bertz CT molecular complexity index is 1020. The van der Waals surface area contributed by atoms with Crippen LogP contribution in [0.15, 0.2) is 78.9 Å². The average Bonchev–Trinajstić information content (AvgIpc) is 2.63. The fraction of sp³-hybridized carbons (Fsp3) is 0.0455. The lowest BCUT2D eigenvalue weighted by molar-refractivity contribution is 0.480. The molecule has 0 radical (unpaired) electrons. The molecule has 1 aromatic heterocycles. The zero-order valence-electron chi connectivity index (χ0n) is 13.4. The van der Waals surface area contributed by atoms with Crippen LogP contribution in [0.25, 0.3) is 33.2 Å². The summed E-state index contributed by atoms with van der Waals surface area (Å²) in [7, 11) is 0. The van der Waals surface area contributed by atoms with Gasteiger partial charge in [-0.3, -0.25) is 0 Å². The van der Waals surface area contributed by atoms with Crippen LogP contribution in [0.5, 0.6) is 5.75 Å². The molecule has 0 amide bonds. The summed E-state index contributed by atoms with van der Waals surface area (Å²) in [5.41, 5.74) is 6.11. The molecule has 2 nitrogen and oxygen atoms in total. The number of rotatable bonds is 2. The molecule has 0 atom stereocenters. The van der Waals surface area contributed by atoms with Gasteiger partial charge >= 0.3 is 0 Å². The molecule has 0 bridgehead atoms. The quantitative estimate of drug-likeness (QED) is 0.524. The molecule has 0 aliphatic heterocycles. The van der Waals surface area contributed by atoms with Gasteiger partial charge in [0.1, 0.15) is 11.3 Å². The summed E-state index contributed by atoms with van der Waals surface area (Å²) in [5.74, 6) is 0.217. The van der Waals surface area contributed by atoms with Crippen LogP contribution in [0, 0.1) is 6.92 Å². The van der Waals surface area contributed by atoms with E-state index in [1.165, 1.54) is 11.1 Å². The van der Waals surface area contributed by atoms with Crippen molar-refractivity contribution in [3.63, 3.8) is 0 Å². The summed E-state index contributed by atoms with van der Waals surface area (Å²) in [5, 5.41) is 11.2. The summed E-state index contributed by atoms with van der Waals surface area (Å²) in [6.07, 6.45) is 0. The number of pyridine rings is 1. The van der Waals surface area contributed by atoms with Crippen LogP contribution >= 0.6 is 0 Å². The molecule has 4 aromatic rings. The van der Waals surface area contributed by atoms with Crippen molar-refractivity contribution in [2.75, 3.05) is 0 Å². The van der Waals surface area contributed by atoms with E-state index in [4.69, 9.17) is 0 Å². The first kappa shape index (κ1) is 14.5. The largest absolute Gasteiger partial charge is 0.506 e. The van der Waals surface area contributed by atoms with Gasteiger partial charge in [-0.1, -0.05) is 60.7 Å². The number of benzene rings is 3. The molecule has 2 heteroatoms. The molecule has 4 rings (SSSR count). The Morgan fingerprint density at radius 3 is 2.17 bits per heavy atom. The Hall–Kier alpha value is -3.13. The van der Waals surface area contributed by atoms with Gasteiger partial charge in [0, 0.05) is 11.1 Å². The number of hydrogen-bond acceptors (Lipinski definition) is 2. The smallest absolute Gasteiger partial charge is 0.141 e. The molecule has 0 saturated heterocycles. The highest BCUT2D eigenvalue weighted by molar-refractivity contribution is 6.01. The van der Waals surface area contributed by atoms with Gasteiger partial charge < -0.3 is 5.11 Å². The number of nitrogens with zero attached hydrogens (tertiary/aromatic N) is 1. The highest BCUT2D eigenvalue weighted by Crippen LogP contribution is 2.38. The van der Waals surface area contributed by atoms with Crippen molar-refractivity contribution in [1.82, 2.24) is 4.98 Å². The van der Waals surface area contributed by atoms with E-state index in [0.29, 0.717) is 5.52 Å². The standard InChI is InChI=1S/C22H17NO/c1-15-11-12-20-19(13-14-21(24)22(20)23-15)18-10-6-5-9-17(18)16-7-3-2-4-8-16/h2-14,24H,1H3. The van der Waals surface area contributed by atoms with Gasteiger partial charge in [-0.25, -0.2) is 4.98 Å². The van der Waals surface area contributed by atoms with Crippen molar-refractivity contribution >= 4 is 10.9 Å². The van der Waals surface area contributed by atoms with Crippen molar-refractivity contribution in [2.24, 2.45) is 0 Å². The van der Waals surface area contributed by atoms with E-state index in [2.05, 4.69) is 35.3 Å². The molecule has 1 N–H and O–H groups in total. The number of aromatic nitrogens is 1. The van der Waals surface area contributed by atoms with Gasteiger partial charge in [-0.2, -0.15) is 0 Å². The van der Waals surface area contributed by atoms with E-state index in [-0.39, 0.29) is 5.75 Å². The highest BCUT2D eigenvalue weighted by Gasteiger charge is 2.12. The van der Waals surface area contributed by atoms with Gasteiger partial charge in [0.15, 0.2) is 0 Å². The van der Waals surface area contributed by atoms with Crippen molar-refractivity contribution < 1.29 is 5.11 Å². The summed E-state index contributed by atoms with van der Waals surface area (Å²) < 4.78 is 0. The first-order valence-corrected chi connectivity index (χ1v) is 7.98. The zero-order chi connectivity index (χ0) is 16.5. The van der Waals surface area contributed by atoms with Crippen molar-refractivity contribution in [3.8, 4) is 28.0 Å². The van der Waals surface area contributed by atoms with Crippen LogP contribution in [0.3, 0.4) is 0 Å². The fourth-order valence-electron chi connectivity index (χ4n) is 3.12. The van der Waals surface area contributed by atoms with E-state index >= 15 is 0 Å². The summed E-state index contributed by atoms with van der Waals surface area (Å²) in [4.78, 5) is 4.51. The molecule has 1 heterocycles. The third-order valence-electron chi connectivity index (χ3n) is 4.28. The monoisotopic (exact) mass is 311 g/mol. The normalized spacial score (nSPS) is 10.9. The Kier molecular flexibility index (Phi) is 3.51. The lowest BCUT2D eigenvalue weighted by atomic mass is 9.92. The average molecular weight is 311 g/mol. The molecule has 0 aliphatic rings. The minimum Gasteiger partial charge on any atom is -0.506 e. The number of aromatic hydroxyl groups is 1. The Balaban J connectivity index is 2.02. The zero-order valence-corrected chi connectivity index (χ0v) is 13.4.